The fraction of sp³-hybridized carbons (Fsp3) is 0.231. The van der Waals surface area contributed by atoms with Crippen molar-refractivity contribution in [1.82, 2.24) is 0 Å². The van der Waals surface area contributed by atoms with Crippen LogP contribution in [0.3, 0.4) is 0 Å². The van der Waals surface area contributed by atoms with Gasteiger partial charge in [0.2, 0.25) is 0 Å². The maximum absolute atomic E-state index is 11.7. The Hall–Kier alpha value is -2.50. The number of carbonyl (C=O) groups excluding carboxylic acids is 2. The molecule has 0 atom stereocenters. The van der Waals surface area contributed by atoms with Gasteiger partial charge in [0.25, 0.3) is 5.79 Å². The van der Waals surface area contributed by atoms with Gasteiger partial charge < -0.3 is 19.7 Å². The summed E-state index contributed by atoms with van der Waals surface area (Å²) in [6.07, 6.45) is 1.18. The molecule has 1 aromatic carbocycles. The third-order valence-electron chi connectivity index (χ3n) is 2.35. The average molecular weight is 264 g/mol. The van der Waals surface area contributed by atoms with Crippen molar-refractivity contribution in [3.05, 3.63) is 29.3 Å². The van der Waals surface area contributed by atoms with Crippen LogP contribution in [0.15, 0.2) is 23.8 Å². The summed E-state index contributed by atoms with van der Waals surface area (Å²) in [6.45, 7) is 2.89. The first-order chi connectivity index (χ1) is 8.77. The van der Waals surface area contributed by atoms with Crippen molar-refractivity contribution < 1.29 is 29.3 Å². The van der Waals surface area contributed by atoms with Crippen LogP contribution in [0.5, 0.6) is 11.5 Å². The van der Waals surface area contributed by atoms with Gasteiger partial charge in [0.05, 0.1) is 0 Å². The van der Waals surface area contributed by atoms with E-state index in [0.29, 0.717) is 0 Å². The van der Waals surface area contributed by atoms with Gasteiger partial charge in [-0.2, -0.15) is 0 Å². The second-order valence-corrected chi connectivity index (χ2v) is 4.52. The van der Waals surface area contributed by atoms with Crippen LogP contribution in [-0.2, 0) is 19.1 Å². The Morgan fingerprint density at radius 3 is 1.95 bits per heavy atom. The SMILES string of the molecule is CC1(C)OC(=O)C(=Cc2cc(O)cc(O)c2)C(=O)O1. The van der Waals surface area contributed by atoms with E-state index in [1.54, 1.807) is 0 Å². The number of carbonyl (C=O) groups is 2. The monoisotopic (exact) mass is 264 g/mol. The van der Waals surface area contributed by atoms with Crippen LogP contribution in [0.1, 0.15) is 19.4 Å². The third-order valence-corrected chi connectivity index (χ3v) is 2.35. The molecule has 0 radical (unpaired) electrons. The van der Waals surface area contributed by atoms with E-state index in [1.165, 1.54) is 32.1 Å². The summed E-state index contributed by atoms with van der Waals surface area (Å²) in [6, 6.07) is 3.70. The first-order valence-electron chi connectivity index (χ1n) is 5.48. The number of benzene rings is 1. The van der Waals surface area contributed by atoms with Gasteiger partial charge in [0, 0.05) is 19.9 Å². The average Bonchev–Trinajstić information content (AvgIpc) is 2.20. The minimum Gasteiger partial charge on any atom is -0.508 e. The molecule has 6 heteroatoms. The molecule has 2 N–H and O–H groups in total. The Balaban J connectivity index is 2.38. The smallest absolute Gasteiger partial charge is 0.348 e. The predicted molar refractivity (Wildman–Crippen MR) is 64.0 cm³/mol. The van der Waals surface area contributed by atoms with E-state index in [9.17, 15) is 19.8 Å². The minimum atomic E-state index is -1.30. The molecule has 0 aromatic heterocycles. The van der Waals surface area contributed by atoms with Gasteiger partial charge in [-0.15, -0.1) is 0 Å². The highest BCUT2D eigenvalue weighted by molar-refractivity contribution is 6.18. The lowest BCUT2D eigenvalue weighted by Crippen LogP contribution is -2.41. The zero-order chi connectivity index (χ0) is 14.2. The Labute approximate surface area is 108 Å². The fourth-order valence-electron chi connectivity index (χ4n) is 1.65. The molecule has 1 aliphatic rings. The summed E-state index contributed by atoms with van der Waals surface area (Å²) >= 11 is 0. The zero-order valence-electron chi connectivity index (χ0n) is 10.3. The largest absolute Gasteiger partial charge is 0.508 e. The molecular formula is C13H12O6. The summed E-state index contributed by atoms with van der Waals surface area (Å²) < 4.78 is 9.83. The van der Waals surface area contributed by atoms with Crippen molar-refractivity contribution in [2.75, 3.05) is 0 Å². The Kier molecular flexibility index (Phi) is 2.94. The second-order valence-electron chi connectivity index (χ2n) is 4.52. The van der Waals surface area contributed by atoms with Crippen molar-refractivity contribution in [3.63, 3.8) is 0 Å². The van der Waals surface area contributed by atoms with Crippen LogP contribution in [0.25, 0.3) is 6.08 Å². The molecule has 0 unspecified atom stereocenters. The number of ether oxygens (including phenoxy) is 2. The molecule has 100 valence electrons. The Bertz CT molecular complexity index is 543. The topological polar surface area (TPSA) is 93.1 Å². The molecular weight excluding hydrogens is 252 g/mol. The number of rotatable bonds is 1. The van der Waals surface area contributed by atoms with Crippen LogP contribution in [-0.4, -0.2) is 27.9 Å². The van der Waals surface area contributed by atoms with Gasteiger partial charge >= 0.3 is 11.9 Å². The van der Waals surface area contributed by atoms with E-state index in [-0.39, 0.29) is 22.6 Å². The summed E-state index contributed by atoms with van der Waals surface area (Å²) in [7, 11) is 0. The van der Waals surface area contributed by atoms with Gasteiger partial charge in [-0.1, -0.05) is 0 Å². The van der Waals surface area contributed by atoms with Gasteiger partial charge in [0.15, 0.2) is 0 Å². The maximum atomic E-state index is 11.7. The number of cyclic esters (lactones) is 2. The van der Waals surface area contributed by atoms with Crippen LogP contribution >= 0.6 is 0 Å². The van der Waals surface area contributed by atoms with Crippen molar-refractivity contribution >= 4 is 18.0 Å². The third kappa shape index (κ3) is 2.85. The van der Waals surface area contributed by atoms with Crippen LogP contribution < -0.4 is 0 Å². The Morgan fingerprint density at radius 1 is 1.00 bits per heavy atom. The molecule has 0 amide bonds. The first-order valence-corrected chi connectivity index (χ1v) is 5.48. The highest BCUT2D eigenvalue weighted by Gasteiger charge is 2.38. The van der Waals surface area contributed by atoms with Gasteiger partial charge in [-0.05, 0) is 23.8 Å². The Morgan fingerprint density at radius 2 is 1.47 bits per heavy atom. The number of phenolic OH excluding ortho intramolecular Hbond substituents is 2. The molecule has 0 spiro atoms. The van der Waals surface area contributed by atoms with Crippen molar-refractivity contribution in [3.8, 4) is 11.5 Å². The summed E-state index contributed by atoms with van der Waals surface area (Å²) in [4.78, 5) is 23.4. The molecule has 1 fully saturated rings. The highest BCUT2D eigenvalue weighted by Crippen LogP contribution is 2.26. The van der Waals surface area contributed by atoms with E-state index >= 15 is 0 Å². The molecule has 6 nitrogen and oxygen atoms in total. The van der Waals surface area contributed by atoms with Crippen LogP contribution in [0.2, 0.25) is 0 Å². The van der Waals surface area contributed by atoms with Crippen LogP contribution in [0.4, 0.5) is 0 Å². The molecule has 2 rings (SSSR count). The lowest BCUT2D eigenvalue weighted by molar-refractivity contribution is -0.222. The van der Waals surface area contributed by atoms with E-state index in [0.717, 1.165) is 6.07 Å². The first kappa shape index (κ1) is 12.9. The lowest BCUT2D eigenvalue weighted by Gasteiger charge is -2.29. The number of aromatic hydroxyl groups is 2. The molecule has 0 saturated carbocycles. The normalized spacial score (nSPS) is 17.7. The number of hydrogen-bond donors (Lipinski definition) is 2. The summed E-state index contributed by atoms with van der Waals surface area (Å²) in [5.41, 5.74) is -0.0227. The molecule has 19 heavy (non-hydrogen) atoms. The summed E-state index contributed by atoms with van der Waals surface area (Å²) in [5, 5.41) is 18.6. The highest BCUT2D eigenvalue weighted by atomic mass is 16.7. The fourth-order valence-corrected chi connectivity index (χ4v) is 1.65. The van der Waals surface area contributed by atoms with Gasteiger partial charge in [-0.3, -0.25) is 0 Å². The minimum absolute atomic E-state index is 0.190. The van der Waals surface area contributed by atoms with Gasteiger partial charge in [0.1, 0.15) is 17.1 Å². The standard InChI is InChI=1S/C13H12O6/c1-13(2)18-11(16)10(12(17)19-13)5-7-3-8(14)6-9(15)4-7/h3-6,14-15H,1-2H3. The van der Waals surface area contributed by atoms with E-state index < -0.39 is 17.7 Å². The van der Waals surface area contributed by atoms with E-state index in [2.05, 4.69) is 0 Å². The van der Waals surface area contributed by atoms with E-state index in [4.69, 9.17) is 9.47 Å². The quantitative estimate of drug-likeness (QED) is 0.451. The molecule has 0 aliphatic carbocycles. The predicted octanol–water partition coefficient (Wildman–Crippen LogP) is 1.32. The molecule has 0 bridgehead atoms. The summed E-state index contributed by atoms with van der Waals surface area (Å²) in [5.74, 6) is -3.31. The zero-order valence-corrected chi connectivity index (χ0v) is 10.3. The van der Waals surface area contributed by atoms with Crippen LogP contribution in [0, 0.1) is 0 Å². The molecule has 1 aliphatic heterocycles. The molecule has 1 aromatic rings. The number of phenols is 2. The van der Waals surface area contributed by atoms with Gasteiger partial charge in [-0.25, -0.2) is 9.59 Å². The maximum Gasteiger partial charge on any atom is 0.348 e. The molecule has 1 heterocycles. The van der Waals surface area contributed by atoms with Crippen molar-refractivity contribution in [2.24, 2.45) is 0 Å². The lowest BCUT2D eigenvalue weighted by atomic mass is 10.1. The second kappa shape index (κ2) is 4.31. The van der Waals surface area contributed by atoms with E-state index in [1.807, 2.05) is 0 Å². The van der Waals surface area contributed by atoms with Crippen molar-refractivity contribution in [2.45, 2.75) is 19.6 Å². The number of esters is 2. The van der Waals surface area contributed by atoms with Crippen molar-refractivity contribution in [1.29, 1.82) is 0 Å². The number of hydrogen-bond acceptors (Lipinski definition) is 6. The molecule has 1 saturated heterocycles.